The van der Waals surface area contributed by atoms with Gasteiger partial charge in [-0.05, 0) is 47.3 Å². The third kappa shape index (κ3) is 4.16. The molecule has 36 heavy (non-hydrogen) atoms. The molecular weight excluding hydrogens is 462 g/mol. The molecule has 2 aliphatic heterocycles. The zero-order valence-corrected chi connectivity index (χ0v) is 20.2. The van der Waals surface area contributed by atoms with Gasteiger partial charge in [0.25, 0.3) is 5.56 Å². The van der Waals surface area contributed by atoms with Gasteiger partial charge >= 0.3 is 0 Å². The first-order valence-electron chi connectivity index (χ1n) is 11.9. The van der Waals surface area contributed by atoms with Gasteiger partial charge in [-0.25, -0.2) is 4.68 Å². The summed E-state index contributed by atoms with van der Waals surface area (Å²) >= 11 is 0. The Bertz CT molecular complexity index is 1440. The predicted octanol–water partition coefficient (Wildman–Crippen LogP) is 1.64. The fourth-order valence-electron chi connectivity index (χ4n) is 4.82. The van der Waals surface area contributed by atoms with Crippen molar-refractivity contribution in [1.82, 2.24) is 35.0 Å². The van der Waals surface area contributed by atoms with Crippen molar-refractivity contribution in [3.8, 4) is 17.2 Å². The predicted molar refractivity (Wildman–Crippen MR) is 132 cm³/mol. The number of nitrogens with zero attached hydrogens (tertiary/aromatic N) is 6. The van der Waals surface area contributed by atoms with Crippen molar-refractivity contribution in [2.24, 2.45) is 0 Å². The van der Waals surface area contributed by atoms with Gasteiger partial charge in [-0.2, -0.15) is 0 Å². The average molecular weight is 490 g/mol. The zero-order valence-electron chi connectivity index (χ0n) is 20.2. The van der Waals surface area contributed by atoms with Crippen LogP contribution in [0, 0.1) is 0 Å². The molecule has 1 atom stereocenters. The van der Waals surface area contributed by atoms with Gasteiger partial charge in [-0.15, -0.1) is 5.10 Å². The highest BCUT2D eigenvalue weighted by Crippen LogP contribution is 2.36. The number of fused-ring (bicyclic) bond motifs is 2. The Morgan fingerprint density at radius 3 is 2.56 bits per heavy atom. The number of aromatic nitrogens is 5. The molecule has 4 heterocycles. The second kappa shape index (κ2) is 9.25. The summed E-state index contributed by atoms with van der Waals surface area (Å²) in [5, 5.41) is 13.6. The van der Waals surface area contributed by atoms with Gasteiger partial charge < -0.3 is 24.1 Å². The van der Waals surface area contributed by atoms with E-state index in [9.17, 15) is 4.79 Å². The number of benzene rings is 2. The van der Waals surface area contributed by atoms with E-state index >= 15 is 0 Å². The summed E-state index contributed by atoms with van der Waals surface area (Å²) in [5.74, 6) is 2.71. The molecule has 1 fully saturated rings. The van der Waals surface area contributed by atoms with Crippen LogP contribution in [0.15, 0.2) is 47.3 Å². The van der Waals surface area contributed by atoms with Crippen molar-refractivity contribution in [1.29, 1.82) is 0 Å². The van der Waals surface area contributed by atoms with E-state index in [4.69, 9.17) is 14.2 Å². The summed E-state index contributed by atoms with van der Waals surface area (Å²) < 4.78 is 18.1. The molecule has 1 saturated heterocycles. The number of aromatic amines is 1. The molecule has 11 nitrogen and oxygen atoms in total. The van der Waals surface area contributed by atoms with Gasteiger partial charge in [0.05, 0.1) is 19.2 Å². The van der Waals surface area contributed by atoms with Crippen molar-refractivity contribution >= 4 is 10.9 Å². The van der Waals surface area contributed by atoms with E-state index in [1.54, 1.807) is 17.9 Å². The number of hydrogen-bond acceptors (Lipinski definition) is 9. The lowest BCUT2D eigenvalue weighted by atomic mass is 10.0. The van der Waals surface area contributed by atoms with Crippen molar-refractivity contribution in [2.45, 2.75) is 12.6 Å². The zero-order chi connectivity index (χ0) is 24.6. The Kier molecular flexibility index (Phi) is 5.78. The van der Waals surface area contributed by atoms with Crippen LogP contribution in [0.2, 0.25) is 0 Å². The molecule has 2 aromatic carbocycles. The Morgan fingerprint density at radius 2 is 1.81 bits per heavy atom. The van der Waals surface area contributed by atoms with Gasteiger partial charge in [0.2, 0.25) is 6.79 Å². The number of tetrazole rings is 1. The van der Waals surface area contributed by atoms with Crippen LogP contribution in [-0.4, -0.2) is 82.1 Å². The summed E-state index contributed by atoms with van der Waals surface area (Å²) in [7, 11) is 3.75. The molecule has 6 rings (SSSR count). The molecule has 0 spiro atoms. The molecule has 11 heteroatoms. The number of ether oxygens (including phenoxy) is 3. The van der Waals surface area contributed by atoms with E-state index in [-0.39, 0.29) is 12.4 Å². The van der Waals surface area contributed by atoms with Crippen LogP contribution in [0.25, 0.3) is 10.9 Å². The summed E-state index contributed by atoms with van der Waals surface area (Å²) in [4.78, 5) is 21.1. The lowest BCUT2D eigenvalue weighted by Crippen LogP contribution is -2.47. The molecule has 0 aliphatic carbocycles. The smallest absolute Gasteiger partial charge is 0.253 e. The molecule has 186 valence electrons. The van der Waals surface area contributed by atoms with Crippen LogP contribution in [0.5, 0.6) is 17.2 Å². The van der Waals surface area contributed by atoms with Crippen LogP contribution in [0.3, 0.4) is 0 Å². The van der Waals surface area contributed by atoms with Crippen molar-refractivity contribution < 1.29 is 14.2 Å². The van der Waals surface area contributed by atoms with Crippen LogP contribution < -0.4 is 19.8 Å². The summed E-state index contributed by atoms with van der Waals surface area (Å²) in [6, 6.07) is 13.0. The lowest BCUT2D eigenvalue weighted by molar-refractivity contribution is 0.121. The average Bonchev–Trinajstić information content (AvgIpc) is 3.54. The number of piperazine rings is 1. The largest absolute Gasteiger partial charge is 0.497 e. The number of nitrogens with one attached hydrogen (secondary N) is 1. The van der Waals surface area contributed by atoms with Gasteiger partial charge in [-0.3, -0.25) is 9.69 Å². The highest BCUT2D eigenvalue weighted by molar-refractivity contribution is 5.83. The van der Waals surface area contributed by atoms with Crippen LogP contribution in [-0.2, 0) is 6.54 Å². The molecule has 2 aromatic heterocycles. The van der Waals surface area contributed by atoms with Crippen LogP contribution in [0.1, 0.15) is 23.0 Å². The van der Waals surface area contributed by atoms with Crippen molar-refractivity contribution in [3.63, 3.8) is 0 Å². The van der Waals surface area contributed by atoms with Gasteiger partial charge in [0.15, 0.2) is 17.3 Å². The number of pyridine rings is 1. The van der Waals surface area contributed by atoms with Gasteiger partial charge in [0, 0.05) is 43.2 Å². The number of hydrogen-bond donors (Lipinski definition) is 1. The highest BCUT2D eigenvalue weighted by Gasteiger charge is 2.32. The quantitative estimate of drug-likeness (QED) is 0.432. The lowest BCUT2D eigenvalue weighted by Gasteiger charge is -2.37. The Morgan fingerprint density at radius 1 is 1.06 bits per heavy atom. The first-order chi connectivity index (χ1) is 17.6. The van der Waals surface area contributed by atoms with E-state index in [0.717, 1.165) is 42.9 Å². The first-order valence-corrected chi connectivity index (χ1v) is 11.9. The summed E-state index contributed by atoms with van der Waals surface area (Å²) in [6.45, 7) is 4.00. The molecule has 0 saturated carbocycles. The Hall–Kier alpha value is -3.96. The highest BCUT2D eigenvalue weighted by atomic mass is 16.7. The van der Waals surface area contributed by atoms with Crippen LogP contribution >= 0.6 is 0 Å². The third-order valence-corrected chi connectivity index (χ3v) is 6.86. The number of methoxy groups -OCH3 is 1. The molecule has 4 aromatic rings. The topological polar surface area (TPSA) is 111 Å². The minimum atomic E-state index is -0.412. The molecular formula is C25H27N7O4. The number of likely N-dealkylation sites (N-methyl/N-ethyl adjacent to an activating group) is 1. The minimum absolute atomic E-state index is 0.173. The van der Waals surface area contributed by atoms with Gasteiger partial charge in [0.1, 0.15) is 11.8 Å². The maximum Gasteiger partial charge on any atom is 0.253 e. The third-order valence-electron chi connectivity index (χ3n) is 6.86. The van der Waals surface area contributed by atoms with E-state index in [0.29, 0.717) is 34.9 Å². The van der Waals surface area contributed by atoms with E-state index in [1.165, 1.54) is 0 Å². The van der Waals surface area contributed by atoms with Gasteiger partial charge in [-0.1, -0.05) is 12.1 Å². The van der Waals surface area contributed by atoms with Crippen molar-refractivity contribution in [3.05, 3.63) is 69.8 Å². The molecule has 1 unspecified atom stereocenters. The molecule has 0 bridgehead atoms. The normalized spacial score (nSPS) is 16.9. The summed E-state index contributed by atoms with van der Waals surface area (Å²) in [6.07, 6.45) is 0. The second-order valence-electron chi connectivity index (χ2n) is 9.13. The molecule has 1 N–H and O–H groups in total. The standard InChI is InChI=1S/C25H27N7O4/c1-30-7-9-31(10-8-30)23(24-27-28-29-32(24)14-16-3-5-18(34-2)6-4-16)19-11-17-12-21-22(36-15-35-21)13-20(17)26-25(19)33/h3-6,11-13,23H,7-10,14-15H2,1-2H3,(H,26,33). The minimum Gasteiger partial charge on any atom is -0.497 e. The molecule has 2 aliphatic rings. The van der Waals surface area contributed by atoms with E-state index in [1.807, 2.05) is 36.4 Å². The molecule has 0 radical (unpaired) electrons. The summed E-state index contributed by atoms with van der Waals surface area (Å²) in [5.41, 5.74) is 2.14. The molecule has 0 amide bonds. The van der Waals surface area contributed by atoms with Crippen LogP contribution in [0.4, 0.5) is 0 Å². The Labute approximate surface area is 207 Å². The number of H-pyrrole nitrogens is 1. The monoisotopic (exact) mass is 489 g/mol. The number of rotatable bonds is 6. The fourth-order valence-corrected chi connectivity index (χ4v) is 4.82. The Balaban J connectivity index is 1.43. The maximum atomic E-state index is 13.5. The SMILES string of the molecule is COc1ccc(Cn2nnnc2C(c2cc3cc4c(cc3[nH]c2=O)OCO4)N2CCN(C)CC2)cc1. The maximum absolute atomic E-state index is 13.5. The fraction of sp³-hybridized carbons (Fsp3) is 0.360. The van der Waals surface area contributed by atoms with E-state index < -0.39 is 6.04 Å². The first kappa shape index (κ1) is 22.5. The van der Waals surface area contributed by atoms with Crippen molar-refractivity contribution in [2.75, 3.05) is 47.1 Å². The van der Waals surface area contributed by atoms with E-state index in [2.05, 4.69) is 37.4 Å². The second-order valence-corrected chi connectivity index (χ2v) is 9.13.